The third-order valence-corrected chi connectivity index (χ3v) is 2.59. The van der Waals surface area contributed by atoms with Gasteiger partial charge in [-0.3, -0.25) is 9.78 Å². The molecule has 0 unspecified atom stereocenters. The molecule has 1 heterocycles. The van der Waals surface area contributed by atoms with Crippen LogP contribution in [0.15, 0.2) is 42.6 Å². The summed E-state index contributed by atoms with van der Waals surface area (Å²) in [6, 6.07) is 9.48. The zero-order valence-electron chi connectivity index (χ0n) is 12.3. The predicted octanol–water partition coefficient (Wildman–Crippen LogP) is 3.49. The molecule has 0 radical (unpaired) electrons. The molecule has 0 bridgehead atoms. The van der Waals surface area contributed by atoms with Gasteiger partial charge in [0.2, 0.25) is 0 Å². The fourth-order valence-electron chi connectivity index (χ4n) is 1.77. The monoisotopic (exact) mass is 287 g/mol. The maximum Gasteiger partial charge on any atom is 0.270 e. The van der Waals surface area contributed by atoms with E-state index in [1.165, 1.54) is 12.1 Å². The molecule has 0 saturated carbocycles. The van der Waals surface area contributed by atoms with E-state index >= 15 is 0 Å². The topological polar surface area (TPSA) is 54.0 Å². The first-order valence-electron chi connectivity index (χ1n) is 6.65. The highest BCUT2D eigenvalue weighted by Crippen LogP contribution is 2.17. The molecule has 1 aromatic heterocycles. The van der Waals surface area contributed by atoms with Crippen LogP contribution < -0.4 is 10.6 Å². The number of nitrogens with one attached hydrogen (secondary N) is 2. The van der Waals surface area contributed by atoms with Gasteiger partial charge in [-0.05, 0) is 51.1 Å². The lowest BCUT2D eigenvalue weighted by atomic mass is 10.1. The fourth-order valence-corrected chi connectivity index (χ4v) is 1.77. The van der Waals surface area contributed by atoms with E-state index in [0.29, 0.717) is 17.1 Å². The lowest BCUT2D eigenvalue weighted by molar-refractivity contribution is 0.0914. The van der Waals surface area contributed by atoms with Crippen LogP contribution in [0.4, 0.5) is 15.8 Å². The first-order valence-corrected chi connectivity index (χ1v) is 6.65. The van der Waals surface area contributed by atoms with Gasteiger partial charge >= 0.3 is 0 Å². The molecule has 110 valence electrons. The summed E-state index contributed by atoms with van der Waals surface area (Å²) in [6.07, 6.45) is 1.54. The summed E-state index contributed by atoms with van der Waals surface area (Å²) in [4.78, 5) is 16.1. The largest absolute Gasteiger partial charge is 0.355 e. The van der Waals surface area contributed by atoms with Crippen molar-refractivity contribution in [1.82, 2.24) is 10.3 Å². The van der Waals surface area contributed by atoms with Crippen molar-refractivity contribution in [2.45, 2.75) is 26.3 Å². The van der Waals surface area contributed by atoms with E-state index in [2.05, 4.69) is 15.6 Å². The molecule has 5 heteroatoms. The summed E-state index contributed by atoms with van der Waals surface area (Å²) >= 11 is 0. The molecule has 1 amide bonds. The Kier molecular flexibility index (Phi) is 4.21. The highest BCUT2D eigenvalue weighted by Gasteiger charge is 2.16. The Morgan fingerprint density at radius 3 is 2.52 bits per heavy atom. The van der Waals surface area contributed by atoms with Crippen LogP contribution in [-0.4, -0.2) is 16.4 Å². The summed E-state index contributed by atoms with van der Waals surface area (Å²) in [5, 5.41) is 5.89. The number of hydrogen-bond donors (Lipinski definition) is 2. The van der Waals surface area contributed by atoms with Crippen LogP contribution in [0.25, 0.3) is 0 Å². The molecule has 0 atom stereocenters. The Morgan fingerprint density at radius 2 is 1.86 bits per heavy atom. The maximum absolute atomic E-state index is 13.1. The zero-order chi connectivity index (χ0) is 15.5. The standard InChI is InChI=1S/C16H18FN3O/c1-16(2,3)20-15(21)14-10-13(7-8-18-14)19-12-6-4-5-11(17)9-12/h4-10H,1-3H3,(H,18,19)(H,20,21). The molecule has 0 saturated heterocycles. The van der Waals surface area contributed by atoms with Crippen LogP contribution in [0.3, 0.4) is 0 Å². The van der Waals surface area contributed by atoms with Crippen molar-refractivity contribution in [1.29, 1.82) is 0 Å². The summed E-state index contributed by atoms with van der Waals surface area (Å²) in [5.41, 5.74) is 1.27. The Bertz CT molecular complexity index is 650. The van der Waals surface area contributed by atoms with E-state index in [1.54, 1.807) is 30.5 Å². The molecule has 0 spiro atoms. The molecular formula is C16H18FN3O. The molecule has 1 aromatic carbocycles. The van der Waals surface area contributed by atoms with Gasteiger partial charge in [-0.25, -0.2) is 4.39 Å². The second-order valence-corrected chi connectivity index (χ2v) is 5.77. The summed E-state index contributed by atoms with van der Waals surface area (Å²) in [6.45, 7) is 5.71. The van der Waals surface area contributed by atoms with Gasteiger partial charge in [-0.2, -0.15) is 0 Å². The van der Waals surface area contributed by atoms with Crippen molar-refractivity contribution >= 4 is 17.3 Å². The number of hydrogen-bond acceptors (Lipinski definition) is 3. The Labute approximate surface area is 123 Å². The fraction of sp³-hybridized carbons (Fsp3) is 0.250. The molecule has 2 rings (SSSR count). The van der Waals surface area contributed by atoms with Crippen molar-refractivity contribution in [2.75, 3.05) is 5.32 Å². The minimum atomic E-state index is -0.329. The van der Waals surface area contributed by atoms with Crippen molar-refractivity contribution in [3.05, 3.63) is 54.1 Å². The van der Waals surface area contributed by atoms with Gasteiger partial charge in [0.25, 0.3) is 5.91 Å². The number of anilines is 2. The predicted molar refractivity (Wildman–Crippen MR) is 81.1 cm³/mol. The minimum Gasteiger partial charge on any atom is -0.355 e. The molecule has 21 heavy (non-hydrogen) atoms. The number of benzene rings is 1. The summed E-state index contributed by atoms with van der Waals surface area (Å²) < 4.78 is 13.1. The number of aromatic nitrogens is 1. The third-order valence-electron chi connectivity index (χ3n) is 2.59. The van der Waals surface area contributed by atoms with Gasteiger partial charge in [0.1, 0.15) is 11.5 Å². The van der Waals surface area contributed by atoms with Crippen LogP contribution in [0.1, 0.15) is 31.3 Å². The van der Waals surface area contributed by atoms with Crippen LogP contribution in [-0.2, 0) is 0 Å². The smallest absolute Gasteiger partial charge is 0.270 e. The first kappa shape index (κ1) is 15.0. The van der Waals surface area contributed by atoms with Gasteiger partial charge in [-0.1, -0.05) is 6.07 Å². The Hall–Kier alpha value is -2.43. The Balaban J connectivity index is 2.16. The number of carbonyl (C=O) groups excluding carboxylic acids is 1. The zero-order valence-corrected chi connectivity index (χ0v) is 12.3. The molecule has 4 nitrogen and oxygen atoms in total. The van der Waals surface area contributed by atoms with Crippen molar-refractivity contribution in [2.24, 2.45) is 0 Å². The lowest BCUT2D eigenvalue weighted by Gasteiger charge is -2.20. The van der Waals surface area contributed by atoms with Crippen LogP contribution >= 0.6 is 0 Å². The van der Waals surface area contributed by atoms with E-state index in [-0.39, 0.29) is 17.3 Å². The number of nitrogens with zero attached hydrogens (tertiary/aromatic N) is 1. The Morgan fingerprint density at radius 1 is 1.14 bits per heavy atom. The average Bonchev–Trinajstić information content (AvgIpc) is 2.37. The second-order valence-electron chi connectivity index (χ2n) is 5.77. The van der Waals surface area contributed by atoms with E-state index < -0.39 is 0 Å². The molecule has 0 aliphatic carbocycles. The molecular weight excluding hydrogens is 269 g/mol. The van der Waals surface area contributed by atoms with Crippen LogP contribution in [0, 0.1) is 5.82 Å². The van der Waals surface area contributed by atoms with Gasteiger partial charge < -0.3 is 10.6 Å². The number of halogens is 1. The van der Waals surface area contributed by atoms with Gasteiger partial charge in [-0.15, -0.1) is 0 Å². The van der Waals surface area contributed by atoms with Gasteiger partial charge in [0.15, 0.2) is 0 Å². The highest BCUT2D eigenvalue weighted by atomic mass is 19.1. The summed E-state index contributed by atoms with van der Waals surface area (Å²) in [7, 11) is 0. The normalized spacial score (nSPS) is 11.0. The van der Waals surface area contributed by atoms with E-state index in [9.17, 15) is 9.18 Å². The van der Waals surface area contributed by atoms with Crippen molar-refractivity contribution < 1.29 is 9.18 Å². The van der Waals surface area contributed by atoms with E-state index in [4.69, 9.17) is 0 Å². The molecule has 0 fully saturated rings. The van der Waals surface area contributed by atoms with Crippen LogP contribution in [0.2, 0.25) is 0 Å². The first-order chi connectivity index (χ1) is 9.83. The van der Waals surface area contributed by atoms with E-state index in [1.807, 2.05) is 20.8 Å². The van der Waals surface area contributed by atoms with Crippen molar-refractivity contribution in [3.63, 3.8) is 0 Å². The maximum atomic E-state index is 13.1. The average molecular weight is 287 g/mol. The van der Waals surface area contributed by atoms with Crippen molar-refractivity contribution in [3.8, 4) is 0 Å². The number of pyridine rings is 1. The van der Waals surface area contributed by atoms with Gasteiger partial charge in [0.05, 0.1) is 0 Å². The molecule has 0 aliphatic heterocycles. The number of amides is 1. The minimum absolute atomic E-state index is 0.245. The quantitative estimate of drug-likeness (QED) is 0.908. The lowest BCUT2D eigenvalue weighted by Crippen LogP contribution is -2.40. The SMILES string of the molecule is CC(C)(C)NC(=O)c1cc(Nc2cccc(F)c2)ccn1. The number of rotatable bonds is 3. The second kappa shape index (κ2) is 5.91. The summed E-state index contributed by atoms with van der Waals surface area (Å²) in [5.74, 6) is -0.565. The third kappa shape index (κ3) is 4.56. The highest BCUT2D eigenvalue weighted by molar-refractivity contribution is 5.93. The van der Waals surface area contributed by atoms with E-state index in [0.717, 1.165) is 0 Å². The molecule has 2 N–H and O–H groups in total. The van der Waals surface area contributed by atoms with Crippen LogP contribution in [0.5, 0.6) is 0 Å². The molecule has 2 aromatic rings. The molecule has 0 aliphatic rings. The van der Waals surface area contributed by atoms with Gasteiger partial charge in [0, 0.05) is 23.1 Å². The number of carbonyl (C=O) groups is 1.